The van der Waals surface area contributed by atoms with Gasteiger partial charge in [-0.25, -0.2) is 4.79 Å². The van der Waals surface area contributed by atoms with Crippen molar-refractivity contribution in [2.75, 3.05) is 31.1 Å². The molecule has 3 rings (SSSR count). The Morgan fingerprint density at radius 1 is 1.25 bits per heavy atom. The van der Waals surface area contributed by atoms with E-state index in [0.29, 0.717) is 6.54 Å². The maximum absolute atomic E-state index is 12.8. The molecule has 4 amide bonds. The van der Waals surface area contributed by atoms with E-state index in [4.69, 9.17) is 4.74 Å². The zero-order valence-corrected chi connectivity index (χ0v) is 14.5. The molecule has 1 aromatic carbocycles. The Hall–Kier alpha value is -3.11. The molecule has 2 fully saturated rings. The fourth-order valence-corrected chi connectivity index (χ4v) is 3.00. The third kappa shape index (κ3) is 4.07. The van der Waals surface area contributed by atoms with Gasteiger partial charge in [-0.3, -0.25) is 19.3 Å². The third-order valence-electron chi connectivity index (χ3n) is 4.44. The highest BCUT2D eigenvalue weighted by Crippen LogP contribution is 2.33. The van der Waals surface area contributed by atoms with Crippen LogP contribution in [0.5, 0.6) is 0 Å². The average molecular weight is 399 g/mol. The number of rotatable bonds is 4. The first-order valence-electron chi connectivity index (χ1n) is 8.39. The van der Waals surface area contributed by atoms with Gasteiger partial charge in [-0.15, -0.1) is 0 Å². The molecular formula is C17H16F3N3O5. The second-order valence-electron chi connectivity index (χ2n) is 6.34. The van der Waals surface area contributed by atoms with Crippen LogP contribution in [-0.2, 0) is 25.3 Å². The number of amides is 4. The standard InChI is InChI=1S/C17H16F3N3O5/c18-17(19,20)11-2-1-3-12(7-11)23-8-10(6-13(23)24)15(26)28-9-14(25)22-5-4-21-16(22)27/h1-3,7,10H,4-6,8-9H2,(H,21,27)/t10-/m1/s1. The zero-order valence-electron chi connectivity index (χ0n) is 14.5. The molecule has 0 radical (unpaired) electrons. The van der Waals surface area contributed by atoms with Crippen LogP contribution in [0.25, 0.3) is 0 Å². The maximum Gasteiger partial charge on any atom is 0.416 e. The van der Waals surface area contributed by atoms with Crippen molar-refractivity contribution >= 4 is 29.5 Å². The van der Waals surface area contributed by atoms with Crippen molar-refractivity contribution < 1.29 is 37.1 Å². The van der Waals surface area contributed by atoms with Gasteiger partial charge in [-0.2, -0.15) is 13.2 Å². The van der Waals surface area contributed by atoms with Crippen molar-refractivity contribution in [2.24, 2.45) is 5.92 Å². The quantitative estimate of drug-likeness (QED) is 0.767. The molecular weight excluding hydrogens is 383 g/mol. The summed E-state index contributed by atoms with van der Waals surface area (Å²) in [6.45, 7) is -0.333. The lowest BCUT2D eigenvalue weighted by Crippen LogP contribution is -2.38. The summed E-state index contributed by atoms with van der Waals surface area (Å²) in [5.74, 6) is -2.95. The second kappa shape index (κ2) is 7.49. The Morgan fingerprint density at radius 3 is 2.64 bits per heavy atom. The molecule has 1 aromatic rings. The topological polar surface area (TPSA) is 96.0 Å². The van der Waals surface area contributed by atoms with Crippen molar-refractivity contribution in [3.8, 4) is 0 Å². The van der Waals surface area contributed by atoms with Crippen LogP contribution in [0.2, 0.25) is 0 Å². The minimum absolute atomic E-state index is 0.0277. The summed E-state index contributed by atoms with van der Waals surface area (Å²) < 4.78 is 43.4. The van der Waals surface area contributed by atoms with Gasteiger partial charge in [0.2, 0.25) is 5.91 Å². The normalized spacial score (nSPS) is 19.8. The van der Waals surface area contributed by atoms with E-state index >= 15 is 0 Å². The molecule has 2 saturated heterocycles. The minimum atomic E-state index is -4.56. The smallest absolute Gasteiger partial charge is 0.416 e. The Bertz CT molecular complexity index is 827. The van der Waals surface area contributed by atoms with Gasteiger partial charge in [-0.05, 0) is 18.2 Å². The number of imide groups is 1. The number of anilines is 1. The van der Waals surface area contributed by atoms with E-state index in [2.05, 4.69) is 5.32 Å². The first-order chi connectivity index (χ1) is 13.2. The molecule has 0 spiro atoms. The molecule has 0 aromatic heterocycles. The van der Waals surface area contributed by atoms with E-state index < -0.39 is 48.1 Å². The number of ether oxygens (including phenoxy) is 1. The van der Waals surface area contributed by atoms with Crippen molar-refractivity contribution in [1.82, 2.24) is 10.2 Å². The molecule has 28 heavy (non-hydrogen) atoms. The van der Waals surface area contributed by atoms with Gasteiger partial charge in [0, 0.05) is 31.7 Å². The number of carbonyl (C=O) groups is 4. The number of esters is 1. The summed E-state index contributed by atoms with van der Waals surface area (Å²) >= 11 is 0. The van der Waals surface area contributed by atoms with Crippen LogP contribution in [0.4, 0.5) is 23.7 Å². The first kappa shape index (κ1) is 19.6. The van der Waals surface area contributed by atoms with Crippen molar-refractivity contribution in [3.63, 3.8) is 0 Å². The van der Waals surface area contributed by atoms with Gasteiger partial charge in [0.15, 0.2) is 6.61 Å². The molecule has 2 aliphatic heterocycles. The number of benzene rings is 1. The SMILES string of the molecule is O=C(OCC(=O)N1CCNC1=O)[C@@H]1CC(=O)N(c2cccc(C(F)(F)F)c2)C1. The molecule has 2 heterocycles. The Kier molecular flexibility index (Phi) is 5.25. The Morgan fingerprint density at radius 2 is 2.00 bits per heavy atom. The first-order valence-corrected chi connectivity index (χ1v) is 8.39. The van der Waals surface area contributed by atoms with Crippen molar-refractivity contribution in [3.05, 3.63) is 29.8 Å². The lowest BCUT2D eigenvalue weighted by Gasteiger charge is -2.18. The lowest BCUT2D eigenvalue weighted by atomic mass is 10.1. The average Bonchev–Trinajstić information content (AvgIpc) is 3.24. The Labute approximate surface area is 157 Å². The number of alkyl halides is 3. The molecule has 1 atom stereocenters. The monoisotopic (exact) mass is 399 g/mol. The summed E-state index contributed by atoms with van der Waals surface area (Å²) in [6.07, 6.45) is -4.80. The van der Waals surface area contributed by atoms with Gasteiger partial charge < -0.3 is 15.0 Å². The fourth-order valence-electron chi connectivity index (χ4n) is 3.00. The number of halogens is 3. The van der Waals surface area contributed by atoms with E-state index in [-0.39, 0.29) is 25.2 Å². The van der Waals surface area contributed by atoms with Gasteiger partial charge in [0.05, 0.1) is 11.5 Å². The third-order valence-corrected chi connectivity index (χ3v) is 4.44. The highest BCUT2D eigenvalue weighted by atomic mass is 19.4. The number of hydrogen-bond donors (Lipinski definition) is 1. The van der Waals surface area contributed by atoms with Gasteiger partial charge in [0.1, 0.15) is 0 Å². The molecule has 11 heteroatoms. The highest BCUT2D eigenvalue weighted by Gasteiger charge is 2.38. The second-order valence-corrected chi connectivity index (χ2v) is 6.34. The van der Waals surface area contributed by atoms with Crippen molar-refractivity contribution in [2.45, 2.75) is 12.6 Å². The predicted octanol–water partition coefficient (Wildman–Crippen LogP) is 1.15. The molecule has 8 nitrogen and oxygen atoms in total. The number of nitrogens with one attached hydrogen (secondary N) is 1. The highest BCUT2D eigenvalue weighted by molar-refractivity contribution is 6.00. The van der Waals surface area contributed by atoms with E-state index in [1.807, 2.05) is 0 Å². The number of urea groups is 1. The van der Waals surface area contributed by atoms with Crippen LogP contribution in [0.15, 0.2) is 24.3 Å². The van der Waals surface area contributed by atoms with Crippen LogP contribution in [-0.4, -0.2) is 55.0 Å². The van der Waals surface area contributed by atoms with Crippen LogP contribution >= 0.6 is 0 Å². The Balaban J connectivity index is 1.60. The molecule has 150 valence electrons. The van der Waals surface area contributed by atoms with Gasteiger partial charge >= 0.3 is 18.2 Å². The van der Waals surface area contributed by atoms with Crippen LogP contribution < -0.4 is 10.2 Å². The number of hydrogen-bond acceptors (Lipinski definition) is 5. The molecule has 0 saturated carbocycles. The largest absolute Gasteiger partial charge is 0.455 e. The molecule has 0 bridgehead atoms. The molecule has 0 unspecified atom stereocenters. The van der Waals surface area contributed by atoms with E-state index in [1.165, 1.54) is 12.1 Å². The summed E-state index contributed by atoms with van der Waals surface area (Å²) in [4.78, 5) is 49.5. The fraction of sp³-hybridized carbons (Fsp3) is 0.412. The van der Waals surface area contributed by atoms with E-state index in [1.54, 1.807) is 0 Å². The summed E-state index contributed by atoms with van der Waals surface area (Å²) in [5.41, 5.74) is -0.877. The summed E-state index contributed by atoms with van der Waals surface area (Å²) in [5, 5.41) is 2.43. The molecule has 0 aliphatic carbocycles. The summed E-state index contributed by atoms with van der Waals surface area (Å²) in [6, 6.07) is 3.66. The summed E-state index contributed by atoms with van der Waals surface area (Å²) in [7, 11) is 0. The predicted molar refractivity (Wildman–Crippen MR) is 88.0 cm³/mol. The lowest BCUT2D eigenvalue weighted by molar-refractivity contribution is -0.154. The van der Waals surface area contributed by atoms with Gasteiger partial charge in [0.25, 0.3) is 5.91 Å². The maximum atomic E-state index is 12.8. The van der Waals surface area contributed by atoms with Crippen LogP contribution in [0.3, 0.4) is 0 Å². The molecule has 2 aliphatic rings. The minimum Gasteiger partial charge on any atom is -0.455 e. The zero-order chi connectivity index (χ0) is 20.5. The van der Waals surface area contributed by atoms with Crippen LogP contribution in [0.1, 0.15) is 12.0 Å². The van der Waals surface area contributed by atoms with Crippen LogP contribution in [0, 0.1) is 5.92 Å². The number of carbonyl (C=O) groups excluding carboxylic acids is 4. The van der Waals surface area contributed by atoms with E-state index in [0.717, 1.165) is 21.9 Å². The van der Waals surface area contributed by atoms with Gasteiger partial charge in [-0.1, -0.05) is 6.07 Å². The molecule has 1 N–H and O–H groups in total. The van der Waals surface area contributed by atoms with Crippen molar-refractivity contribution in [1.29, 1.82) is 0 Å². The van der Waals surface area contributed by atoms with E-state index in [9.17, 15) is 32.3 Å². The number of nitrogens with zero attached hydrogens (tertiary/aromatic N) is 2.